The van der Waals surface area contributed by atoms with Crippen molar-refractivity contribution in [2.24, 2.45) is 0 Å². The summed E-state index contributed by atoms with van der Waals surface area (Å²) < 4.78 is 7.52. The maximum absolute atomic E-state index is 12.8. The van der Waals surface area contributed by atoms with E-state index in [0.717, 1.165) is 76.9 Å². The molecule has 0 aromatic carbocycles. The number of imidazole rings is 1. The van der Waals surface area contributed by atoms with Crippen LogP contribution in [0.5, 0.6) is 0 Å². The molecule has 1 unspecified atom stereocenters. The second kappa shape index (κ2) is 7.15. The molecule has 1 atom stereocenters. The lowest BCUT2D eigenvalue weighted by Gasteiger charge is -2.19. The number of nitrogens with zero attached hydrogens (tertiary/aromatic N) is 3. The Labute approximate surface area is 147 Å². The lowest BCUT2D eigenvalue weighted by molar-refractivity contribution is 0.0786. The predicted molar refractivity (Wildman–Crippen MR) is 91.6 cm³/mol. The third-order valence-corrected chi connectivity index (χ3v) is 5.43. The van der Waals surface area contributed by atoms with E-state index >= 15 is 0 Å². The average Bonchev–Trinajstić information content (AvgIpc) is 3.39. The molecule has 25 heavy (non-hydrogen) atoms. The summed E-state index contributed by atoms with van der Waals surface area (Å²) in [5.41, 5.74) is 1.43. The molecule has 4 rings (SSSR count). The fourth-order valence-corrected chi connectivity index (χ4v) is 4.05. The summed E-state index contributed by atoms with van der Waals surface area (Å²) in [6, 6.07) is 0. The number of hydrogen-bond donors (Lipinski definition) is 1. The fraction of sp³-hybridized carbons (Fsp3) is 0.722. The van der Waals surface area contributed by atoms with E-state index < -0.39 is 0 Å². The molecule has 1 aromatic heterocycles. The van der Waals surface area contributed by atoms with Crippen molar-refractivity contribution in [2.75, 3.05) is 26.2 Å². The second-order valence-electron chi connectivity index (χ2n) is 7.18. The first-order valence-corrected chi connectivity index (χ1v) is 9.52. The first-order valence-electron chi connectivity index (χ1n) is 9.52. The Morgan fingerprint density at radius 2 is 1.92 bits per heavy atom. The van der Waals surface area contributed by atoms with E-state index in [9.17, 15) is 9.59 Å². The summed E-state index contributed by atoms with van der Waals surface area (Å²) in [4.78, 5) is 31.8. The maximum Gasteiger partial charge on any atom is 0.287 e. The molecule has 0 bridgehead atoms. The molecular weight excluding hydrogens is 320 g/mol. The standard InChI is InChI=1S/C18H26N4O3/c23-17(19-12-13-6-5-11-25-13)16-20-15(14-7-1-2-10-22(14)16)18(24)21-8-3-4-9-21/h13H,1-12H2,(H,19,23). The van der Waals surface area contributed by atoms with Crippen LogP contribution in [0.4, 0.5) is 0 Å². The van der Waals surface area contributed by atoms with Gasteiger partial charge in [0, 0.05) is 32.8 Å². The van der Waals surface area contributed by atoms with Gasteiger partial charge in [0.25, 0.3) is 11.8 Å². The topological polar surface area (TPSA) is 76.5 Å². The summed E-state index contributed by atoms with van der Waals surface area (Å²) in [7, 11) is 0. The van der Waals surface area contributed by atoms with E-state index in [1.165, 1.54) is 0 Å². The van der Waals surface area contributed by atoms with Crippen LogP contribution in [-0.2, 0) is 17.7 Å². The molecule has 7 nitrogen and oxygen atoms in total. The number of rotatable bonds is 4. The van der Waals surface area contributed by atoms with Crippen LogP contribution in [0.3, 0.4) is 0 Å². The molecule has 0 spiro atoms. The van der Waals surface area contributed by atoms with E-state index in [0.29, 0.717) is 18.1 Å². The van der Waals surface area contributed by atoms with Crippen LogP contribution in [0, 0.1) is 0 Å². The van der Waals surface area contributed by atoms with Crippen LogP contribution >= 0.6 is 0 Å². The van der Waals surface area contributed by atoms with Crippen LogP contribution in [-0.4, -0.2) is 58.6 Å². The molecule has 1 N–H and O–H groups in total. The van der Waals surface area contributed by atoms with Gasteiger partial charge in [-0.05, 0) is 44.9 Å². The molecule has 3 aliphatic heterocycles. The minimum absolute atomic E-state index is 0.0127. The molecule has 4 heterocycles. The highest BCUT2D eigenvalue weighted by Gasteiger charge is 2.31. The number of fused-ring (bicyclic) bond motifs is 1. The highest BCUT2D eigenvalue weighted by atomic mass is 16.5. The Hall–Kier alpha value is -1.89. The van der Waals surface area contributed by atoms with E-state index in [1.54, 1.807) is 0 Å². The Kier molecular flexibility index (Phi) is 4.74. The van der Waals surface area contributed by atoms with Gasteiger partial charge in [-0.15, -0.1) is 0 Å². The maximum atomic E-state index is 12.8. The molecule has 2 saturated heterocycles. The minimum Gasteiger partial charge on any atom is -0.376 e. The fourth-order valence-electron chi connectivity index (χ4n) is 4.05. The largest absolute Gasteiger partial charge is 0.376 e. The van der Waals surface area contributed by atoms with Crippen LogP contribution in [0.15, 0.2) is 0 Å². The number of carbonyl (C=O) groups excluding carboxylic acids is 2. The van der Waals surface area contributed by atoms with Gasteiger partial charge in [-0.1, -0.05) is 0 Å². The van der Waals surface area contributed by atoms with Crippen molar-refractivity contribution in [2.45, 2.75) is 57.6 Å². The zero-order valence-corrected chi connectivity index (χ0v) is 14.6. The van der Waals surface area contributed by atoms with Crippen LogP contribution in [0.2, 0.25) is 0 Å². The van der Waals surface area contributed by atoms with Gasteiger partial charge in [0.15, 0.2) is 5.82 Å². The molecule has 1 aromatic rings. The second-order valence-corrected chi connectivity index (χ2v) is 7.18. The summed E-state index contributed by atoms with van der Waals surface area (Å²) >= 11 is 0. The lowest BCUT2D eigenvalue weighted by atomic mass is 10.1. The normalized spacial score (nSPS) is 22.9. The first kappa shape index (κ1) is 16.6. The van der Waals surface area contributed by atoms with Crippen LogP contribution in [0.1, 0.15) is 65.3 Å². The highest BCUT2D eigenvalue weighted by Crippen LogP contribution is 2.23. The summed E-state index contributed by atoms with van der Waals surface area (Å²) in [5, 5.41) is 2.94. The van der Waals surface area contributed by atoms with Crippen molar-refractivity contribution in [3.05, 3.63) is 17.2 Å². The zero-order chi connectivity index (χ0) is 17.2. The van der Waals surface area contributed by atoms with Crippen molar-refractivity contribution in [1.29, 1.82) is 0 Å². The van der Waals surface area contributed by atoms with Gasteiger partial charge in [-0.3, -0.25) is 9.59 Å². The number of carbonyl (C=O) groups is 2. The highest BCUT2D eigenvalue weighted by molar-refractivity contribution is 5.97. The molecule has 7 heteroatoms. The molecule has 2 amide bonds. The quantitative estimate of drug-likeness (QED) is 0.893. The van der Waals surface area contributed by atoms with Crippen LogP contribution in [0.25, 0.3) is 0 Å². The Bertz CT molecular complexity index is 658. The zero-order valence-electron chi connectivity index (χ0n) is 14.6. The summed E-state index contributed by atoms with van der Waals surface area (Å²) in [5.74, 6) is 0.177. The third kappa shape index (κ3) is 3.29. The van der Waals surface area contributed by atoms with E-state index in [2.05, 4.69) is 10.3 Å². The predicted octanol–water partition coefficient (Wildman–Crippen LogP) is 1.36. The van der Waals surface area contributed by atoms with Crippen molar-refractivity contribution < 1.29 is 14.3 Å². The van der Waals surface area contributed by atoms with Crippen molar-refractivity contribution >= 4 is 11.8 Å². The van der Waals surface area contributed by atoms with Crippen molar-refractivity contribution in [1.82, 2.24) is 19.8 Å². The first-order chi connectivity index (χ1) is 12.2. The molecule has 2 fully saturated rings. The molecule has 3 aliphatic rings. The van der Waals surface area contributed by atoms with Gasteiger partial charge >= 0.3 is 0 Å². The van der Waals surface area contributed by atoms with Crippen molar-refractivity contribution in [3.63, 3.8) is 0 Å². The Morgan fingerprint density at radius 3 is 2.68 bits per heavy atom. The third-order valence-electron chi connectivity index (χ3n) is 5.43. The van der Waals surface area contributed by atoms with Gasteiger partial charge in [0.05, 0.1) is 11.8 Å². The minimum atomic E-state index is -0.195. The number of amides is 2. The summed E-state index contributed by atoms with van der Waals surface area (Å²) in [6.45, 7) is 3.64. The van der Waals surface area contributed by atoms with E-state index in [4.69, 9.17) is 4.74 Å². The van der Waals surface area contributed by atoms with Crippen LogP contribution < -0.4 is 5.32 Å². The Balaban J connectivity index is 1.54. The van der Waals surface area contributed by atoms with Gasteiger partial charge in [-0.25, -0.2) is 4.98 Å². The molecular formula is C18H26N4O3. The number of likely N-dealkylation sites (tertiary alicyclic amines) is 1. The molecule has 0 aliphatic carbocycles. The number of aromatic nitrogens is 2. The average molecular weight is 346 g/mol. The van der Waals surface area contributed by atoms with Gasteiger partial charge in [0.1, 0.15) is 5.69 Å². The monoisotopic (exact) mass is 346 g/mol. The number of hydrogen-bond acceptors (Lipinski definition) is 4. The molecule has 0 radical (unpaired) electrons. The lowest BCUT2D eigenvalue weighted by Crippen LogP contribution is -2.34. The van der Waals surface area contributed by atoms with Crippen molar-refractivity contribution in [3.8, 4) is 0 Å². The van der Waals surface area contributed by atoms with Gasteiger partial charge < -0.3 is 19.5 Å². The summed E-state index contributed by atoms with van der Waals surface area (Å²) in [6.07, 6.45) is 7.13. The SMILES string of the molecule is O=C(NCC1CCCO1)c1nc(C(=O)N2CCCC2)c2n1CCCC2. The number of ether oxygens (including phenoxy) is 1. The Morgan fingerprint density at radius 1 is 1.12 bits per heavy atom. The molecule has 136 valence electrons. The van der Waals surface area contributed by atoms with E-state index in [1.807, 2.05) is 9.47 Å². The smallest absolute Gasteiger partial charge is 0.287 e. The van der Waals surface area contributed by atoms with Gasteiger partial charge in [-0.2, -0.15) is 0 Å². The van der Waals surface area contributed by atoms with E-state index in [-0.39, 0.29) is 17.9 Å². The number of nitrogens with one attached hydrogen (secondary N) is 1. The van der Waals surface area contributed by atoms with Gasteiger partial charge in [0.2, 0.25) is 0 Å². The molecule has 0 saturated carbocycles.